The molecule has 1 heterocycles. The van der Waals surface area contributed by atoms with Gasteiger partial charge in [-0.2, -0.15) is 0 Å². The molecule has 0 radical (unpaired) electrons. The summed E-state index contributed by atoms with van der Waals surface area (Å²) in [5, 5.41) is 2.99. The van der Waals surface area contributed by atoms with Crippen molar-refractivity contribution < 1.29 is 4.79 Å². The van der Waals surface area contributed by atoms with Crippen molar-refractivity contribution in [3.05, 3.63) is 29.8 Å². The zero-order valence-corrected chi connectivity index (χ0v) is 10.9. The summed E-state index contributed by atoms with van der Waals surface area (Å²) in [4.78, 5) is 15.0. The van der Waals surface area contributed by atoms with Gasteiger partial charge in [-0.25, -0.2) is 0 Å². The van der Waals surface area contributed by atoms with Gasteiger partial charge in [0.15, 0.2) is 0 Å². The monoisotopic (exact) mass is 250 g/mol. The number of hydrogen-bond donors (Lipinski definition) is 2. The van der Waals surface area contributed by atoms with E-state index < -0.39 is 0 Å². The van der Waals surface area contributed by atoms with E-state index in [1.165, 1.54) is 6.42 Å². The minimum atomic E-state index is -0.00421. The van der Waals surface area contributed by atoms with E-state index >= 15 is 0 Å². The molecule has 17 heavy (non-hydrogen) atoms. The molecular formula is C13H18N2OS. The number of carbonyl (C=O) groups excluding carboxylic acids is 1. The Hall–Kier alpha value is -1.00. The molecule has 0 aliphatic carbocycles. The first-order valence-electron chi connectivity index (χ1n) is 5.91. The van der Waals surface area contributed by atoms with Crippen LogP contribution >= 0.6 is 12.6 Å². The lowest BCUT2D eigenvalue weighted by Crippen LogP contribution is -2.30. The third-order valence-electron chi connectivity index (χ3n) is 3.15. The Bertz CT molecular complexity index is 408. The number of benzene rings is 1. The molecule has 1 aliphatic heterocycles. The van der Waals surface area contributed by atoms with Crippen LogP contribution in [0, 0.1) is 5.92 Å². The first-order valence-corrected chi connectivity index (χ1v) is 6.35. The van der Waals surface area contributed by atoms with Gasteiger partial charge in [-0.15, -0.1) is 12.6 Å². The van der Waals surface area contributed by atoms with Gasteiger partial charge in [0, 0.05) is 23.5 Å². The molecule has 1 N–H and O–H groups in total. The van der Waals surface area contributed by atoms with Gasteiger partial charge in [0.1, 0.15) is 0 Å². The lowest BCUT2D eigenvalue weighted by atomic mass is 10.1. The highest BCUT2D eigenvalue weighted by Crippen LogP contribution is 2.13. The van der Waals surface area contributed by atoms with Crippen molar-refractivity contribution in [1.29, 1.82) is 0 Å². The molecule has 1 atom stereocenters. The summed E-state index contributed by atoms with van der Waals surface area (Å²) in [6, 6.07) is 7.32. The van der Waals surface area contributed by atoms with E-state index in [-0.39, 0.29) is 5.91 Å². The second kappa shape index (κ2) is 5.56. The highest BCUT2D eigenvalue weighted by atomic mass is 32.1. The van der Waals surface area contributed by atoms with Crippen molar-refractivity contribution in [2.45, 2.75) is 11.3 Å². The molecule has 1 saturated heterocycles. The Balaban J connectivity index is 1.85. The highest BCUT2D eigenvalue weighted by Gasteiger charge is 2.19. The molecule has 3 nitrogen and oxygen atoms in total. The Morgan fingerprint density at radius 3 is 3.06 bits per heavy atom. The topological polar surface area (TPSA) is 32.3 Å². The van der Waals surface area contributed by atoms with Crippen LogP contribution < -0.4 is 5.32 Å². The molecular weight excluding hydrogens is 232 g/mol. The second-order valence-corrected chi connectivity index (χ2v) is 5.19. The summed E-state index contributed by atoms with van der Waals surface area (Å²) in [7, 11) is 2.12. The second-order valence-electron chi connectivity index (χ2n) is 4.68. The van der Waals surface area contributed by atoms with Gasteiger partial charge >= 0.3 is 0 Å². The van der Waals surface area contributed by atoms with Crippen LogP contribution in [0.25, 0.3) is 0 Å². The average Bonchev–Trinajstić information content (AvgIpc) is 2.72. The van der Waals surface area contributed by atoms with E-state index in [4.69, 9.17) is 0 Å². The quantitative estimate of drug-likeness (QED) is 0.800. The minimum Gasteiger partial charge on any atom is -0.352 e. The van der Waals surface area contributed by atoms with E-state index in [1.807, 2.05) is 18.2 Å². The van der Waals surface area contributed by atoms with E-state index in [2.05, 4.69) is 29.9 Å². The van der Waals surface area contributed by atoms with Crippen molar-refractivity contribution in [3.63, 3.8) is 0 Å². The fourth-order valence-electron chi connectivity index (χ4n) is 2.18. The van der Waals surface area contributed by atoms with Gasteiger partial charge in [0.2, 0.25) is 0 Å². The maximum atomic E-state index is 11.9. The maximum Gasteiger partial charge on any atom is 0.251 e. The molecule has 0 aromatic heterocycles. The molecule has 4 heteroatoms. The largest absolute Gasteiger partial charge is 0.352 e. The zero-order chi connectivity index (χ0) is 12.3. The normalized spacial score (nSPS) is 20.5. The van der Waals surface area contributed by atoms with Gasteiger partial charge in [-0.05, 0) is 44.1 Å². The van der Waals surface area contributed by atoms with E-state index in [0.29, 0.717) is 11.5 Å². The first kappa shape index (κ1) is 12.5. The lowest BCUT2D eigenvalue weighted by Gasteiger charge is -2.11. The predicted octanol–water partition coefficient (Wildman–Crippen LogP) is 1.66. The third kappa shape index (κ3) is 3.48. The number of likely N-dealkylation sites (tertiary alicyclic amines) is 1. The van der Waals surface area contributed by atoms with Gasteiger partial charge in [-0.3, -0.25) is 4.79 Å². The number of rotatable bonds is 3. The fraction of sp³-hybridized carbons (Fsp3) is 0.462. The van der Waals surface area contributed by atoms with Crippen LogP contribution in [0.2, 0.25) is 0 Å². The molecule has 0 bridgehead atoms. The molecule has 1 aromatic rings. The number of carbonyl (C=O) groups is 1. The minimum absolute atomic E-state index is 0.00421. The summed E-state index contributed by atoms with van der Waals surface area (Å²) in [5.41, 5.74) is 0.684. The summed E-state index contributed by atoms with van der Waals surface area (Å²) < 4.78 is 0. The Morgan fingerprint density at radius 1 is 1.59 bits per heavy atom. The average molecular weight is 250 g/mol. The summed E-state index contributed by atoms with van der Waals surface area (Å²) in [6.45, 7) is 2.97. The van der Waals surface area contributed by atoms with Crippen LogP contribution in [-0.2, 0) is 0 Å². The van der Waals surface area contributed by atoms with Crippen molar-refractivity contribution in [2.75, 3.05) is 26.7 Å². The Morgan fingerprint density at radius 2 is 2.41 bits per heavy atom. The lowest BCUT2D eigenvalue weighted by molar-refractivity contribution is 0.0947. The summed E-state index contributed by atoms with van der Waals surface area (Å²) >= 11 is 4.23. The molecule has 1 unspecified atom stereocenters. The first-order chi connectivity index (χ1) is 8.15. The smallest absolute Gasteiger partial charge is 0.251 e. The maximum absolute atomic E-state index is 11.9. The number of amides is 1. The van der Waals surface area contributed by atoms with E-state index in [0.717, 1.165) is 24.5 Å². The van der Waals surface area contributed by atoms with Gasteiger partial charge in [0.05, 0.1) is 0 Å². The van der Waals surface area contributed by atoms with Crippen molar-refractivity contribution in [2.24, 2.45) is 5.92 Å². The van der Waals surface area contributed by atoms with Gasteiger partial charge < -0.3 is 10.2 Å². The third-order valence-corrected chi connectivity index (χ3v) is 3.43. The SMILES string of the molecule is CN1CCC(CNC(=O)c2cccc(S)c2)C1. The molecule has 92 valence electrons. The van der Waals surface area contributed by atoms with E-state index in [9.17, 15) is 4.79 Å². The van der Waals surface area contributed by atoms with Gasteiger partial charge in [-0.1, -0.05) is 6.07 Å². The summed E-state index contributed by atoms with van der Waals surface area (Å²) in [5.74, 6) is 0.582. The van der Waals surface area contributed by atoms with Crippen molar-refractivity contribution in [3.8, 4) is 0 Å². The zero-order valence-electron chi connectivity index (χ0n) is 10.0. The number of thiol groups is 1. The van der Waals surface area contributed by atoms with Crippen LogP contribution in [0.1, 0.15) is 16.8 Å². The molecule has 0 saturated carbocycles. The van der Waals surface area contributed by atoms with Gasteiger partial charge in [0.25, 0.3) is 5.91 Å². The molecule has 1 aliphatic rings. The number of hydrogen-bond acceptors (Lipinski definition) is 3. The number of nitrogens with zero attached hydrogens (tertiary/aromatic N) is 1. The molecule has 0 spiro atoms. The van der Waals surface area contributed by atoms with E-state index in [1.54, 1.807) is 6.07 Å². The predicted molar refractivity (Wildman–Crippen MR) is 71.6 cm³/mol. The van der Waals surface area contributed by atoms with Crippen LogP contribution in [-0.4, -0.2) is 37.5 Å². The Labute approximate surface area is 108 Å². The molecule has 1 aromatic carbocycles. The summed E-state index contributed by atoms with van der Waals surface area (Å²) in [6.07, 6.45) is 1.17. The van der Waals surface area contributed by atoms with Crippen LogP contribution in [0.15, 0.2) is 29.2 Å². The molecule has 1 amide bonds. The Kier molecular flexibility index (Phi) is 4.07. The van der Waals surface area contributed by atoms with Crippen LogP contribution in [0.5, 0.6) is 0 Å². The highest BCUT2D eigenvalue weighted by molar-refractivity contribution is 7.80. The molecule has 2 rings (SSSR count). The van der Waals surface area contributed by atoms with Crippen LogP contribution in [0.3, 0.4) is 0 Å². The fourth-order valence-corrected chi connectivity index (χ4v) is 2.40. The van der Waals surface area contributed by atoms with Crippen molar-refractivity contribution >= 4 is 18.5 Å². The standard InChI is InChI=1S/C13H18N2OS/c1-15-6-5-10(9-15)8-14-13(16)11-3-2-4-12(17)7-11/h2-4,7,10,17H,5-6,8-9H2,1H3,(H,14,16). The number of nitrogens with one attached hydrogen (secondary N) is 1. The van der Waals surface area contributed by atoms with Crippen LogP contribution in [0.4, 0.5) is 0 Å². The molecule has 1 fully saturated rings. The van der Waals surface area contributed by atoms with Crippen molar-refractivity contribution in [1.82, 2.24) is 10.2 Å².